The van der Waals surface area contributed by atoms with Crippen molar-refractivity contribution >= 4 is 0 Å². The Kier molecular flexibility index (Phi) is 6.06. The molecular formula is C15H25NO. The van der Waals surface area contributed by atoms with Gasteiger partial charge in [0.1, 0.15) is 12.4 Å². The van der Waals surface area contributed by atoms with E-state index in [1.165, 1.54) is 12.0 Å². The van der Waals surface area contributed by atoms with Crippen LogP contribution in [0.1, 0.15) is 45.1 Å². The van der Waals surface area contributed by atoms with Gasteiger partial charge < -0.3 is 10.1 Å². The highest BCUT2D eigenvalue weighted by Gasteiger charge is 2.05. The molecule has 0 fully saturated rings. The Morgan fingerprint density at radius 3 is 2.29 bits per heavy atom. The van der Waals surface area contributed by atoms with Gasteiger partial charge in [0.15, 0.2) is 0 Å². The van der Waals surface area contributed by atoms with E-state index in [0.29, 0.717) is 12.0 Å². The summed E-state index contributed by atoms with van der Waals surface area (Å²) in [6.45, 7) is 7.34. The molecule has 1 rings (SSSR count). The minimum Gasteiger partial charge on any atom is -0.492 e. The smallest absolute Gasteiger partial charge is 0.119 e. The van der Waals surface area contributed by atoms with Gasteiger partial charge in [-0.15, -0.1) is 0 Å². The minimum absolute atomic E-state index is 0.449. The molecule has 1 N–H and O–H groups in total. The molecule has 0 heterocycles. The summed E-state index contributed by atoms with van der Waals surface area (Å²) in [5.41, 5.74) is 1.36. The zero-order valence-electron chi connectivity index (χ0n) is 11.5. The molecule has 0 saturated heterocycles. The lowest BCUT2D eigenvalue weighted by Crippen LogP contribution is -2.31. The predicted molar refractivity (Wildman–Crippen MR) is 73.8 cm³/mol. The van der Waals surface area contributed by atoms with Gasteiger partial charge in [0.05, 0.1) is 0 Å². The van der Waals surface area contributed by atoms with E-state index < -0.39 is 0 Å². The average Bonchev–Trinajstić information content (AvgIpc) is 2.35. The molecular weight excluding hydrogens is 210 g/mol. The maximum atomic E-state index is 5.78. The lowest BCUT2D eigenvalue weighted by molar-refractivity contribution is 0.262. The zero-order valence-corrected chi connectivity index (χ0v) is 11.5. The first-order chi connectivity index (χ1) is 8.17. The van der Waals surface area contributed by atoms with Crippen molar-refractivity contribution in [1.82, 2.24) is 5.32 Å². The van der Waals surface area contributed by atoms with Crippen molar-refractivity contribution < 1.29 is 4.74 Å². The SMILES string of the molecule is CCCC(COc1ccc(C(C)C)cc1)NC. The van der Waals surface area contributed by atoms with E-state index in [0.717, 1.165) is 18.8 Å². The van der Waals surface area contributed by atoms with Gasteiger partial charge in [0, 0.05) is 6.04 Å². The van der Waals surface area contributed by atoms with Gasteiger partial charge in [0.2, 0.25) is 0 Å². The fourth-order valence-corrected chi connectivity index (χ4v) is 1.81. The summed E-state index contributed by atoms with van der Waals surface area (Å²) < 4.78 is 5.78. The first-order valence-corrected chi connectivity index (χ1v) is 6.57. The van der Waals surface area contributed by atoms with Crippen LogP contribution < -0.4 is 10.1 Å². The summed E-state index contributed by atoms with van der Waals surface area (Å²) in [6, 6.07) is 8.87. The normalized spacial score (nSPS) is 12.8. The third-order valence-corrected chi connectivity index (χ3v) is 3.04. The number of rotatable bonds is 7. The second-order valence-corrected chi connectivity index (χ2v) is 4.81. The Balaban J connectivity index is 2.46. The Morgan fingerprint density at radius 1 is 1.18 bits per heavy atom. The molecule has 2 heteroatoms. The topological polar surface area (TPSA) is 21.3 Å². The quantitative estimate of drug-likeness (QED) is 0.780. The Hall–Kier alpha value is -1.02. The van der Waals surface area contributed by atoms with Gasteiger partial charge in [0.25, 0.3) is 0 Å². The maximum Gasteiger partial charge on any atom is 0.119 e. The molecule has 0 bridgehead atoms. The molecule has 0 amide bonds. The van der Waals surface area contributed by atoms with Crippen LogP contribution in [0.4, 0.5) is 0 Å². The van der Waals surface area contributed by atoms with Crippen LogP contribution in [0.25, 0.3) is 0 Å². The van der Waals surface area contributed by atoms with E-state index in [-0.39, 0.29) is 0 Å². The van der Waals surface area contributed by atoms with Crippen LogP contribution in [0, 0.1) is 0 Å². The van der Waals surface area contributed by atoms with Crippen LogP contribution in [0.5, 0.6) is 5.75 Å². The van der Waals surface area contributed by atoms with Gasteiger partial charge in [-0.05, 0) is 37.1 Å². The van der Waals surface area contributed by atoms with Gasteiger partial charge in [-0.3, -0.25) is 0 Å². The molecule has 1 aromatic carbocycles. The molecule has 0 radical (unpaired) electrons. The summed E-state index contributed by atoms with van der Waals surface area (Å²) in [5, 5.41) is 3.28. The Labute approximate surface area is 105 Å². The van der Waals surface area contributed by atoms with Gasteiger partial charge in [-0.1, -0.05) is 39.3 Å². The number of ether oxygens (including phenoxy) is 1. The zero-order chi connectivity index (χ0) is 12.7. The summed E-state index contributed by atoms with van der Waals surface area (Å²) >= 11 is 0. The second-order valence-electron chi connectivity index (χ2n) is 4.81. The lowest BCUT2D eigenvalue weighted by atomic mass is 10.0. The Morgan fingerprint density at radius 2 is 1.82 bits per heavy atom. The third-order valence-electron chi connectivity index (χ3n) is 3.04. The molecule has 1 unspecified atom stereocenters. The van der Waals surface area contributed by atoms with Crippen molar-refractivity contribution in [2.75, 3.05) is 13.7 Å². The molecule has 0 aliphatic rings. The van der Waals surface area contributed by atoms with E-state index in [9.17, 15) is 0 Å². The minimum atomic E-state index is 0.449. The first-order valence-electron chi connectivity index (χ1n) is 6.57. The highest BCUT2D eigenvalue weighted by molar-refractivity contribution is 5.28. The number of hydrogen-bond acceptors (Lipinski definition) is 2. The average molecular weight is 235 g/mol. The van der Waals surface area contributed by atoms with Gasteiger partial charge in [-0.2, -0.15) is 0 Å². The molecule has 0 aliphatic carbocycles. The molecule has 0 spiro atoms. The fraction of sp³-hybridized carbons (Fsp3) is 0.600. The monoisotopic (exact) mass is 235 g/mol. The predicted octanol–water partition coefficient (Wildman–Crippen LogP) is 3.58. The molecule has 17 heavy (non-hydrogen) atoms. The van der Waals surface area contributed by atoms with Crippen molar-refractivity contribution in [1.29, 1.82) is 0 Å². The highest BCUT2D eigenvalue weighted by Crippen LogP contribution is 2.18. The maximum absolute atomic E-state index is 5.78. The van der Waals surface area contributed by atoms with Crippen molar-refractivity contribution in [3.8, 4) is 5.75 Å². The Bertz CT molecular complexity index is 305. The molecule has 96 valence electrons. The number of nitrogens with one attached hydrogen (secondary N) is 1. The van der Waals surface area contributed by atoms with E-state index in [2.05, 4.69) is 50.4 Å². The first kappa shape index (κ1) is 14.0. The van der Waals surface area contributed by atoms with Crippen LogP contribution in [0.15, 0.2) is 24.3 Å². The summed E-state index contributed by atoms with van der Waals surface area (Å²) in [4.78, 5) is 0. The molecule has 0 saturated carbocycles. The molecule has 0 aromatic heterocycles. The molecule has 1 aromatic rings. The van der Waals surface area contributed by atoms with E-state index in [1.807, 2.05) is 7.05 Å². The van der Waals surface area contributed by atoms with E-state index in [1.54, 1.807) is 0 Å². The number of benzene rings is 1. The van der Waals surface area contributed by atoms with Crippen LogP contribution in [-0.2, 0) is 0 Å². The van der Waals surface area contributed by atoms with E-state index in [4.69, 9.17) is 4.74 Å². The lowest BCUT2D eigenvalue weighted by Gasteiger charge is -2.16. The molecule has 0 aliphatic heterocycles. The van der Waals surface area contributed by atoms with Crippen molar-refractivity contribution in [3.63, 3.8) is 0 Å². The number of likely N-dealkylation sites (N-methyl/N-ethyl adjacent to an activating group) is 1. The summed E-state index contributed by atoms with van der Waals surface area (Å²) in [6.07, 6.45) is 2.34. The molecule has 1 atom stereocenters. The highest BCUT2D eigenvalue weighted by atomic mass is 16.5. The van der Waals surface area contributed by atoms with Crippen molar-refractivity contribution in [2.45, 2.75) is 45.6 Å². The fourth-order valence-electron chi connectivity index (χ4n) is 1.81. The second kappa shape index (κ2) is 7.33. The third kappa shape index (κ3) is 4.78. The van der Waals surface area contributed by atoms with Crippen LogP contribution >= 0.6 is 0 Å². The van der Waals surface area contributed by atoms with Crippen molar-refractivity contribution in [2.24, 2.45) is 0 Å². The standard InChI is InChI=1S/C15H25NO/c1-5-6-14(16-4)11-17-15-9-7-13(8-10-15)12(2)3/h7-10,12,14,16H,5-6,11H2,1-4H3. The van der Waals surface area contributed by atoms with Gasteiger partial charge in [-0.25, -0.2) is 0 Å². The number of hydrogen-bond donors (Lipinski definition) is 1. The largest absolute Gasteiger partial charge is 0.492 e. The van der Waals surface area contributed by atoms with Crippen LogP contribution in [0.3, 0.4) is 0 Å². The van der Waals surface area contributed by atoms with Crippen LogP contribution in [-0.4, -0.2) is 19.7 Å². The van der Waals surface area contributed by atoms with Crippen molar-refractivity contribution in [3.05, 3.63) is 29.8 Å². The van der Waals surface area contributed by atoms with E-state index >= 15 is 0 Å². The summed E-state index contributed by atoms with van der Waals surface area (Å²) in [5.74, 6) is 1.54. The summed E-state index contributed by atoms with van der Waals surface area (Å²) in [7, 11) is 1.99. The van der Waals surface area contributed by atoms with Crippen LogP contribution in [0.2, 0.25) is 0 Å². The molecule has 2 nitrogen and oxygen atoms in total. The van der Waals surface area contributed by atoms with Gasteiger partial charge >= 0.3 is 0 Å².